The predicted octanol–water partition coefficient (Wildman–Crippen LogP) is 4.14. The first-order valence-corrected chi connectivity index (χ1v) is 7.34. The molecule has 90 valence electrons. The average molecular weight is 286 g/mol. The molecule has 0 aliphatic heterocycles. The lowest BCUT2D eigenvalue weighted by atomic mass is 10.4. The Morgan fingerprint density at radius 3 is 3.00 bits per heavy atom. The van der Waals surface area contributed by atoms with Crippen LogP contribution in [-0.4, -0.2) is 10.1 Å². The number of benzene rings is 1. The molecule has 1 heterocycles. The third-order valence-electron chi connectivity index (χ3n) is 2.14. The largest absolute Gasteiger partial charge is 0.388 e. The van der Waals surface area contributed by atoms with Gasteiger partial charge in [0.25, 0.3) is 0 Å². The van der Waals surface area contributed by atoms with E-state index in [4.69, 9.17) is 11.6 Å². The van der Waals surface area contributed by atoms with Gasteiger partial charge in [0.05, 0.1) is 16.7 Å². The molecule has 0 radical (unpaired) electrons. The summed E-state index contributed by atoms with van der Waals surface area (Å²) in [7, 11) is 0. The smallest absolute Gasteiger partial charge is 0.103 e. The maximum absolute atomic E-state index is 9.40. The number of thiazole rings is 1. The Balaban J connectivity index is 1.97. The highest BCUT2D eigenvalue weighted by molar-refractivity contribution is 7.98. The zero-order chi connectivity index (χ0) is 12.3. The van der Waals surface area contributed by atoms with Gasteiger partial charge in [-0.15, -0.1) is 23.1 Å². The van der Waals surface area contributed by atoms with Crippen molar-refractivity contribution in [3.05, 3.63) is 45.4 Å². The summed E-state index contributed by atoms with van der Waals surface area (Å²) < 4.78 is 0. The minimum atomic E-state index is -0.433. The summed E-state index contributed by atoms with van der Waals surface area (Å²) >= 11 is 9.16. The fraction of sp³-hybridized carbons (Fsp3) is 0.250. The van der Waals surface area contributed by atoms with Gasteiger partial charge in [-0.3, -0.25) is 0 Å². The molecule has 2 nitrogen and oxygen atoms in total. The lowest BCUT2D eigenvalue weighted by Gasteiger charge is -1.99. The average Bonchev–Trinajstić information content (AvgIpc) is 2.75. The van der Waals surface area contributed by atoms with Gasteiger partial charge in [0.1, 0.15) is 5.01 Å². The van der Waals surface area contributed by atoms with Crippen LogP contribution >= 0.6 is 34.7 Å². The van der Waals surface area contributed by atoms with E-state index in [-0.39, 0.29) is 0 Å². The van der Waals surface area contributed by atoms with E-state index in [0.717, 1.165) is 25.6 Å². The minimum absolute atomic E-state index is 0.433. The second kappa shape index (κ2) is 5.87. The summed E-state index contributed by atoms with van der Waals surface area (Å²) in [6, 6.07) is 7.77. The number of nitrogens with zero attached hydrogens (tertiary/aromatic N) is 1. The van der Waals surface area contributed by atoms with Crippen molar-refractivity contribution in [1.29, 1.82) is 0 Å². The third-order valence-corrected chi connectivity index (χ3v) is 4.73. The van der Waals surface area contributed by atoms with Crippen molar-refractivity contribution in [2.75, 3.05) is 0 Å². The highest BCUT2D eigenvalue weighted by atomic mass is 35.5. The standard InChI is InChI=1S/C12H12ClNOS2/c1-8(15)11-6-14-12(17-11)7-16-10-4-2-3-9(13)5-10/h2-6,8,15H,7H2,1H3. The van der Waals surface area contributed by atoms with Crippen LogP contribution in [0.1, 0.15) is 22.9 Å². The maximum atomic E-state index is 9.40. The van der Waals surface area contributed by atoms with Crippen LogP contribution in [0.3, 0.4) is 0 Å². The second-order valence-corrected chi connectivity index (χ2v) is 6.21. The Morgan fingerprint density at radius 1 is 1.53 bits per heavy atom. The monoisotopic (exact) mass is 285 g/mol. The first-order valence-electron chi connectivity index (χ1n) is 5.16. The fourth-order valence-electron chi connectivity index (χ4n) is 1.29. The van der Waals surface area contributed by atoms with E-state index in [2.05, 4.69) is 4.98 Å². The molecule has 1 unspecified atom stereocenters. The Hall–Kier alpha value is -0.550. The second-order valence-electron chi connectivity index (χ2n) is 3.58. The van der Waals surface area contributed by atoms with E-state index in [0.29, 0.717) is 0 Å². The molecule has 1 atom stereocenters. The van der Waals surface area contributed by atoms with Crippen LogP contribution in [0.2, 0.25) is 5.02 Å². The number of thioether (sulfide) groups is 1. The number of aliphatic hydroxyl groups excluding tert-OH is 1. The molecule has 0 fully saturated rings. The van der Waals surface area contributed by atoms with Crippen LogP contribution in [0.25, 0.3) is 0 Å². The molecule has 5 heteroatoms. The molecule has 0 amide bonds. The summed E-state index contributed by atoms with van der Waals surface area (Å²) in [4.78, 5) is 6.32. The molecule has 1 N–H and O–H groups in total. The highest BCUT2D eigenvalue weighted by Gasteiger charge is 2.07. The van der Waals surface area contributed by atoms with Gasteiger partial charge in [0, 0.05) is 16.1 Å². The Kier molecular flexibility index (Phi) is 4.45. The van der Waals surface area contributed by atoms with Crippen molar-refractivity contribution >= 4 is 34.7 Å². The molecular weight excluding hydrogens is 274 g/mol. The molecule has 0 spiro atoms. The van der Waals surface area contributed by atoms with E-state index >= 15 is 0 Å². The van der Waals surface area contributed by atoms with Gasteiger partial charge in [-0.2, -0.15) is 0 Å². The molecule has 0 aliphatic rings. The van der Waals surface area contributed by atoms with Crippen molar-refractivity contribution in [2.24, 2.45) is 0 Å². The molecule has 0 bridgehead atoms. The van der Waals surface area contributed by atoms with Crippen molar-refractivity contribution < 1.29 is 5.11 Å². The Morgan fingerprint density at radius 2 is 2.35 bits per heavy atom. The van der Waals surface area contributed by atoms with Gasteiger partial charge in [0.15, 0.2) is 0 Å². The van der Waals surface area contributed by atoms with E-state index in [1.54, 1.807) is 36.2 Å². The molecule has 0 saturated heterocycles. The van der Waals surface area contributed by atoms with Crippen LogP contribution < -0.4 is 0 Å². The number of hydrogen-bond donors (Lipinski definition) is 1. The number of hydrogen-bond acceptors (Lipinski definition) is 4. The van der Waals surface area contributed by atoms with Gasteiger partial charge in [-0.25, -0.2) is 4.98 Å². The van der Waals surface area contributed by atoms with Gasteiger partial charge >= 0.3 is 0 Å². The van der Waals surface area contributed by atoms with E-state index in [1.165, 1.54) is 0 Å². The van der Waals surface area contributed by atoms with Crippen molar-refractivity contribution in [2.45, 2.75) is 23.7 Å². The molecule has 17 heavy (non-hydrogen) atoms. The van der Waals surface area contributed by atoms with Gasteiger partial charge < -0.3 is 5.11 Å². The first-order chi connectivity index (χ1) is 8.15. The minimum Gasteiger partial charge on any atom is -0.388 e. The van der Waals surface area contributed by atoms with E-state index in [1.807, 2.05) is 24.3 Å². The van der Waals surface area contributed by atoms with E-state index < -0.39 is 6.10 Å². The summed E-state index contributed by atoms with van der Waals surface area (Å²) in [5.41, 5.74) is 0. The summed E-state index contributed by atoms with van der Waals surface area (Å²) in [5.74, 6) is 0.803. The molecule has 2 aromatic rings. The van der Waals surface area contributed by atoms with Gasteiger partial charge in [-0.1, -0.05) is 17.7 Å². The lowest BCUT2D eigenvalue weighted by Crippen LogP contribution is -1.83. The maximum Gasteiger partial charge on any atom is 0.103 e. The van der Waals surface area contributed by atoms with Gasteiger partial charge in [-0.05, 0) is 25.1 Å². The van der Waals surface area contributed by atoms with Crippen molar-refractivity contribution in [1.82, 2.24) is 4.98 Å². The summed E-state index contributed by atoms with van der Waals surface area (Å²) in [5, 5.41) is 11.2. The van der Waals surface area contributed by atoms with Crippen LogP contribution in [0.4, 0.5) is 0 Å². The SMILES string of the molecule is CC(O)c1cnc(CSc2cccc(Cl)c2)s1. The Bertz CT molecular complexity index is 499. The Labute approximate surface area is 114 Å². The summed E-state index contributed by atoms with van der Waals surface area (Å²) in [6.45, 7) is 1.75. The fourth-order valence-corrected chi connectivity index (χ4v) is 3.36. The van der Waals surface area contributed by atoms with Crippen LogP contribution in [-0.2, 0) is 5.75 Å². The van der Waals surface area contributed by atoms with Crippen LogP contribution in [0, 0.1) is 0 Å². The van der Waals surface area contributed by atoms with Crippen molar-refractivity contribution in [3.8, 4) is 0 Å². The molecule has 1 aromatic heterocycles. The normalized spacial score (nSPS) is 12.6. The van der Waals surface area contributed by atoms with E-state index in [9.17, 15) is 5.11 Å². The molecular formula is C12H12ClNOS2. The number of rotatable bonds is 4. The molecule has 1 aromatic carbocycles. The zero-order valence-electron chi connectivity index (χ0n) is 9.26. The third kappa shape index (κ3) is 3.71. The van der Waals surface area contributed by atoms with Crippen LogP contribution in [0.15, 0.2) is 35.4 Å². The van der Waals surface area contributed by atoms with Crippen LogP contribution in [0.5, 0.6) is 0 Å². The molecule has 0 aliphatic carbocycles. The first kappa shape index (κ1) is 12.9. The molecule has 0 saturated carbocycles. The zero-order valence-corrected chi connectivity index (χ0v) is 11.6. The number of aliphatic hydroxyl groups is 1. The molecule has 2 rings (SSSR count). The topological polar surface area (TPSA) is 33.1 Å². The number of aromatic nitrogens is 1. The quantitative estimate of drug-likeness (QED) is 0.857. The van der Waals surface area contributed by atoms with Gasteiger partial charge in [0.2, 0.25) is 0 Å². The lowest BCUT2D eigenvalue weighted by molar-refractivity contribution is 0.203. The predicted molar refractivity (Wildman–Crippen MR) is 73.8 cm³/mol. The number of halogens is 1. The van der Waals surface area contributed by atoms with Crippen molar-refractivity contribution in [3.63, 3.8) is 0 Å². The highest BCUT2D eigenvalue weighted by Crippen LogP contribution is 2.28. The summed E-state index contributed by atoms with van der Waals surface area (Å²) in [6.07, 6.45) is 1.31.